The molecule has 10 heteroatoms. The third-order valence-corrected chi connectivity index (χ3v) is 4.27. The zero-order chi connectivity index (χ0) is 23.6. The minimum atomic E-state index is -1.05. The van der Waals surface area contributed by atoms with Crippen LogP contribution in [0.1, 0.15) is 20.8 Å². The number of ether oxygens (including phenoxy) is 6. The van der Waals surface area contributed by atoms with Gasteiger partial charge in [-0.15, -0.1) is 0 Å². The average molecular weight is 451 g/mol. The van der Waals surface area contributed by atoms with E-state index in [-0.39, 0.29) is 17.2 Å². The van der Waals surface area contributed by atoms with Gasteiger partial charge in [0.1, 0.15) is 0 Å². The fraction of sp³-hybridized carbons (Fsp3) is 0.286. The van der Waals surface area contributed by atoms with Crippen molar-refractivity contribution in [2.45, 2.75) is 39.6 Å². The van der Waals surface area contributed by atoms with E-state index < -0.39 is 36.8 Å². The Bertz CT molecular complexity index is 849. The second-order valence-electron chi connectivity index (χ2n) is 6.02. The number of esters is 3. The van der Waals surface area contributed by atoms with Crippen LogP contribution in [0.25, 0.3) is 0 Å². The quantitative estimate of drug-likeness (QED) is 0.152. The SMILES string of the molecule is C=CC(=O)OC(C)Oc1ccc([SiH3])c(OC(C)OC(=O)C=C)c1OC(C)OC(=O)C=C. The van der Waals surface area contributed by atoms with Crippen LogP contribution in [0.5, 0.6) is 17.2 Å². The number of rotatable bonds is 12. The highest BCUT2D eigenvalue weighted by molar-refractivity contribution is 6.34. The Balaban J connectivity index is 3.28. The van der Waals surface area contributed by atoms with Crippen LogP contribution < -0.4 is 19.4 Å². The summed E-state index contributed by atoms with van der Waals surface area (Å²) in [5.74, 6) is -1.61. The van der Waals surface area contributed by atoms with E-state index in [0.29, 0.717) is 10.2 Å². The van der Waals surface area contributed by atoms with Gasteiger partial charge in [-0.1, -0.05) is 25.8 Å². The van der Waals surface area contributed by atoms with Crippen molar-refractivity contribution >= 4 is 33.3 Å². The summed E-state index contributed by atoms with van der Waals surface area (Å²) in [7, 11) is 0.530. The molecule has 0 radical (unpaired) electrons. The molecule has 0 aromatic heterocycles. The summed E-state index contributed by atoms with van der Waals surface area (Å²) in [4.78, 5) is 34.4. The fourth-order valence-corrected chi connectivity index (χ4v) is 2.72. The molecule has 0 saturated heterocycles. The molecule has 0 amide bonds. The molecule has 0 heterocycles. The standard InChI is InChI=1S/C21H26O9Si/c1-7-17(22)26-12(4)25-15-10-11-16(31)21(30-14(6)28-19(24)9-3)20(15)29-13(5)27-18(23)8-2/h7-14H,1-3H2,4-6,31H3. The van der Waals surface area contributed by atoms with E-state index >= 15 is 0 Å². The second-order valence-corrected chi connectivity index (χ2v) is 7.10. The van der Waals surface area contributed by atoms with Crippen LogP contribution in [-0.2, 0) is 28.6 Å². The molecule has 0 aliphatic rings. The first-order chi connectivity index (χ1) is 14.6. The highest BCUT2D eigenvalue weighted by atomic mass is 28.1. The van der Waals surface area contributed by atoms with Crippen molar-refractivity contribution in [1.29, 1.82) is 0 Å². The van der Waals surface area contributed by atoms with Crippen molar-refractivity contribution < 1.29 is 42.8 Å². The van der Waals surface area contributed by atoms with Crippen molar-refractivity contribution in [3.63, 3.8) is 0 Å². The van der Waals surface area contributed by atoms with Crippen molar-refractivity contribution in [3.8, 4) is 17.2 Å². The molecule has 0 fully saturated rings. The molecule has 0 spiro atoms. The summed E-state index contributed by atoms with van der Waals surface area (Å²) in [5.41, 5.74) is 0. The summed E-state index contributed by atoms with van der Waals surface area (Å²) in [6, 6.07) is 3.31. The third-order valence-electron chi connectivity index (χ3n) is 3.48. The number of hydrogen-bond donors (Lipinski definition) is 0. The first kappa shape index (κ1) is 25.5. The van der Waals surface area contributed by atoms with Crippen LogP contribution in [0.15, 0.2) is 50.1 Å². The van der Waals surface area contributed by atoms with Crippen molar-refractivity contribution in [2.24, 2.45) is 0 Å². The van der Waals surface area contributed by atoms with Gasteiger partial charge in [0.2, 0.25) is 24.6 Å². The maximum absolute atomic E-state index is 11.5. The molecule has 0 N–H and O–H groups in total. The summed E-state index contributed by atoms with van der Waals surface area (Å²) < 4.78 is 32.3. The first-order valence-corrected chi connectivity index (χ1v) is 10.2. The van der Waals surface area contributed by atoms with Gasteiger partial charge in [0, 0.05) is 49.2 Å². The molecule has 3 atom stereocenters. The maximum atomic E-state index is 11.5. The Morgan fingerprint density at radius 1 is 0.742 bits per heavy atom. The Labute approximate surface area is 183 Å². The molecule has 31 heavy (non-hydrogen) atoms. The van der Waals surface area contributed by atoms with E-state index in [1.807, 2.05) is 0 Å². The molecule has 1 rings (SSSR count). The highest BCUT2D eigenvalue weighted by Crippen LogP contribution is 2.38. The number of carbonyl (C=O) groups excluding carboxylic acids is 3. The second kappa shape index (κ2) is 12.2. The predicted octanol–water partition coefficient (Wildman–Crippen LogP) is 1.04. The summed E-state index contributed by atoms with van der Waals surface area (Å²) in [6.07, 6.45) is -0.0359. The maximum Gasteiger partial charge on any atom is 0.333 e. The third kappa shape index (κ3) is 8.39. The van der Waals surface area contributed by atoms with Crippen LogP contribution >= 0.6 is 0 Å². The molecule has 9 nitrogen and oxygen atoms in total. The molecule has 3 unspecified atom stereocenters. The fourth-order valence-electron chi connectivity index (χ4n) is 2.21. The van der Waals surface area contributed by atoms with Gasteiger partial charge in [-0.3, -0.25) is 0 Å². The molecule has 0 saturated carbocycles. The van der Waals surface area contributed by atoms with E-state index in [0.717, 1.165) is 23.4 Å². The van der Waals surface area contributed by atoms with E-state index in [2.05, 4.69) is 19.7 Å². The minimum absolute atomic E-state index is 0.0693. The molecule has 1 aromatic carbocycles. The van der Waals surface area contributed by atoms with Crippen LogP contribution in [0.2, 0.25) is 0 Å². The van der Waals surface area contributed by atoms with Crippen LogP contribution in [0, 0.1) is 0 Å². The van der Waals surface area contributed by atoms with Gasteiger partial charge in [-0.05, 0) is 11.3 Å². The molecule has 0 aliphatic carbocycles. The minimum Gasteiger partial charge on any atom is -0.451 e. The van der Waals surface area contributed by atoms with Gasteiger partial charge < -0.3 is 28.4 Å². The van der Waals surface area contributed by atoms with Crippen LogP contribution in [0.4, 0.5) is 0 Å². The van der Waals surface area contributed by atoms with E-state index in [1.54, 1.807) is 12.1 Å². The molecule has 1 aromatic rings. The lowest BCUT2D eigenvalue weighted by molar-refractivity contribution is -0.159. The summed E-state index contributed by atoms with van der Waals surface area (Å²) in [5, 5.41) is 0.738. The van der Waals surface area contributed by atoms with Gasteiger partial charge in [0.05, 0.1) is 0 Å². The van der Waals surface area contributed by atoms with Gasteiger partial charge in [0.15, 0.2) is 11.5 Å². The molecular weight excluding hydrogens is 424 g/mol. The largest absolute Gasteiger partial charge is 0.451 e. The highest BCUT2D eigenvalue weighted by Gasteiger charge is 2.23. The number of hydrogen-bond acceptors (Lipinski definition) is 9. The lowest BCUT2D eigenvalue weighted by Gasteiger charge is -2.24. The monoisotopic (exact) mass is 450 g/mol. The predicted molar refractivity (Wildman–Crippen MR) is 115 cm³/mol. The average Bonchev–Trinajstić information content (AvgIpc) is 2.71. The molecule has 168 valence electrons. The van der Waals surface area contributed by atoms with Crippen molar-refractivity contribution in [1.82, 2.24) is 0 Å². The van der Waals surface area contributed by atoms with E-state index in [1.165, 1.54) is 20.8 Å². The zero-order valence-corrected chi connectivity index (χ0v) is 19.9. The topological polar surface area (TPSA) is 107 Å². The Morgan fingerprint density at radius 3 is 1.55 bits per heavy atom. The molecule has 0 aliphatic heterocycles. The molecule has 0 bridgehead atoms. The van der Waals surface area contributed by atoms with Crippen molar-refractivity contribution in [3.05, 3.63) is 50.1 Å². The van der Waals surface area contributed by atoms with Gasteiger partial charge in [-0.2, -0.15) is 0 Å². The smallest absolute Gasteiger partial charge is 0.333 e. The van der Waals surface area contributed by atoms with Gasteiger partial charge >= 0.3 is 17.9 Å². The number of carbonyl (C=O) groups is 3. The Hall–Kier alpha value is -3.53. The van der Waals surface area contributed by atoms with Gasteiger partial charge in [-0.25, -0.2) is 14.4 Å². The number of benzene rings is 1. The van der Waals surface area contributed by atoms with Crippen LogP contribution in [0.3, 0.4) is 0 Å². The lowest BCUT2D eigenvalue weighted by Crippen LogP contribution is -2.26. The Kier molecular flexibility index (Phi) is 10.1. The Morgan fingerprint density at radius 2 is 1.13 bits per heavy atom. The summed E-state index contributed by atoms with van der Waals surface area (Å²) >= 11 is 0. The van der Waals surface area contributed by atoms with Crippen molar-refractivity contribution in [2.75, 3.05) is 0 Å². The lowest BCUT2D eigenvalue weighted by atomic mass is 10.3. The van der Waals surface area contributed by atoms with Gasteiger partial charge in [0.25, 0.3) is 0 Å². The van der Waals surface area contributed by atoms with Crippen LogP contribution in [-0.4, -0.2) is 47.0 Å². The van der Waals surface area contributed by atoms with E-state index in [4.69, 9.17) is 28.4 Å². The first-order valence-electron chi connectivity index (χ1n) is 9.23. The summed E-state index contributed by atoms with van der Waals surface area (Å²) in [6.45, 7) is 14.5. The molecular formula is C21H26O9Si. The normalized spacial score (nSPS) is 13.0. The van der Waals surface area contributed by atoms with E-state index in [9.17, 15) is 14.4 Å². The zero-order valence-electron chi connectivity index (χ0n) is 17.9.